The highest BCUT2D eigenvalue weighted by molar-refractivity contribution is 5.77. The first-order valence-electron chi connectivity index (χ1n) is 10.2. The van der Waals surface area contributed by atoms with Gasteiger partial charge in [0.1, 0.15) is 5.75 Å². The molecular weight excluding hydrogens is 360 g/mol. The Morgan fingerprint density at radius 1 is 0.862 bits per heavy atom. The molecule has 0 fully saturated rings. The van der Waals surface area contributed by atoms with Crippen molar-refractivity contribution in [3.05, 3.63) is 95.3 Å². The van der Waals surface area contributed by atoms with Crippen molar-refractivity contribution in [3.63, 3.8) is 0 Å². The number of benzene rings is 2. The summed E-state index contributed by atoms with van der Waals surface area (Å²) < 4.78 is 5.99. The van der Waals surface area contributed by atoms with Crippen molar-refractivity contribution in [1.82, 2.24) is 9.88 Å². The largest absolute Gasteiger partial charge is 0.483 e. The first-order valence-corrected chi connectivity index (χ1v) is 10.2. The van der Waals surface area contributed by atoms with E-state index in [0.29, 0.717) is 13.1 Å². The summed E-state index contributed by atoms with van der Waals surface area (Å²) in [5.74, 6) is 0.793. The van der Waals surface area contributed by atoms with Crippen LogP contribution in [0.25, 0.3) is 0 Å². The normalized spacial score (nSPS) is 12.8. The Balaban J connectivity index is 1.47. The van der Waals surface area contributed by atoms with Crippen LogP contribution in [0, 0.1) is 0 Å². The van der Waals surface area contributed by atoms with Crippen LogP contribution in [0.2, 0.25) is 0 Å². The van der Waals surface area contributed by atoms with Crippen LogP contribution in [0.4, 0.5) is 0 Å². The molecule has 148 valence electrons. The van der Waals surface area contributed by atoms with E-state index in [1.165, 1.54) is 12.0 Å². The second kappa shape index (κ2) is 9.37. The Bertz CT molecular complexity index is 900. The molecule has 0 radical (unpaired) electrons. The molecule has 1 aromatic heterocycles. The highest BCUT2D eigenvalue weighted by Crippen LogP contribution is 2.28. The fourth-order valence-corrected chi connectivity index (χ4v) is 3.80. The average Bonchev–Trinajstić information content (AvgIpc) is 2.78. The van der Waals surface area contributed by atoms with Gasteiger partial charge in [-0.3, -0.25) is 9.78 Å². The molecule has 3 aromatic rings. The number of rotatable bonds is 7. The third-order valence-corrected chi connectivity index (χ3v) is 5.33. The van der Waals surface area contributed by atoms with E-state index in [2.05, 4.69) is 4.98 Å². The predicted molar refractivity (Wildman–Crippen MR) is 114 cm³/mol. The van der Waals surface area contributed by atoms with Crippen molar-refractivity contribution in [2.75, 3.05) is 6.61 Å². The topological polar surface area (TPSA) is 42.4 Å². The maximum Gasteiger partial charge on any atom is 0.261 e. The minimum absolute atomic E-state index is 0.0147. The fraction of sp³-hybridized carbons (Fsp3) is 0.280. The molecule has 0 unspecified atom stereocenters. The SMILES string of the molecule is O=C(COc1ccnc2c1CCCC2)N(Cc1ccccc1)Cc1ccccc1. The number of amides is 1. The lowest BCUT2D eigenvalue weighted by atomic mass is 9.95. The van der Waals surface area contributed by atoms with Gasteiger partial charge >= 0.3 is 0 Å². The third kappa shape index (κ3) is 5.02. The van der Waals surface area contributed by atoms with Crippen LogP contribution in [0.15, 0.2) is 72.9 Å². The zero-order valence-electron chi connectivity index (χ0n) is 16.6. The van der Waals surface area contributed by atoms with Gasteiger partial charge < -0.3 is 9.64 Å². The van der Waals surface area contributed by atoms with Crippen LogP contribution in [0.5, 0.6) is 5.75 Å². The first kappa shape index (κ1) is 19.2. The molecule has 1 aliphatic rings. The lowest BCUT2D eigenvalue weighted by Gasteiger charge is -2.24. The molecule has 2 aromatic carbocycles. The molecule has 0 spiro atoms. The summed E-state index contributed by atoms with van der Waals surface area (Å²) in [6.45, 7) is 1.16. The molecule has 0 saturated carbocycles. The van der Waals surface area contributed by atoms with Gasteiger partial charge in [0.25, 0.3) is 5.91 Å². The summed E-state index contributed by atoms with van der Waals surface area (Å²) in [5.41, 5.74) is 4.51. The Morgan fingerprint density at radius 3 is 2.14 bits per heavy atom. The zero-order valence-corrected chi connectivity index (χ0v) is 16.6. The van der Waals surface area contributed by atoms with E-state index in [9.17, 15) is 4.79 Å². The lowest BCUT2D eigenvalue weighted by molar-refractivity contribution is -0.134. The molecule has 0 atom stereocenters. The Hall–Kier alpha value is -3.14. The van der Waals surface area contributed by atoms with Crippen LogP contribution in [-0.2, 0) is 30.7 Å². The Morgan fingerprint density at radius 2 is 1.48 bits per heavy atom. The van der Waals surface area contributed by atoms with E-state index in [1.807, 2.05) is 71.6 Å². The maximum atomic E-state index is 13.1. The lowest BCUT2D eigenvalue weighted by Crippen LogP contribution is -2.34. The average molecular weight is 386 g/mol. The van der Waals surface area contributed by atoms with Crippen molar-refractivity contribution < 1.29 is 9.53 Å². The van der Waals surface area contributed by atoms with E-state index in [0.717, 1.165) is 41.8 Å². The number of aryl methyl sites for hydroxylation is 1. The van der Waals surface area contributed by atoms with Gasteiger partial charge in [-0.1, -0.05) is 60.7 Å². The molecule has 4 rings (SSSR count). The molecule has 0 saturated heterocycles. The van der Waals surface area contributed by atoms with Gasteiger partial charge in [0, 0.05) is 30.5 Å². The summed E-state index contributed by atoms with van der Waals surface area (Å²) in [4.78, 5) is 19.4. The zero-order chi connectivity index (χ0) is 19.9. The molecule has 1 amide bonds. The number of ether oxygens (including phenoxy) is 1. The third-order valence-electron chi connectivity index (χ3n) is 5.33. The minimum atomic E-state index is -0.0147. The predicted octanol–water partition coefficient (Wildman–Crippen LogP) is 4.57. The van der Waals surface area contributed by atoms with Crippen LogP contribution in [0.1, 0.15) is 35.2 Å². The maximum absolute atomic E-state index is 13.1. The highest BCUT2D eigenvalue weighted by atomic mass is 16.5. The fourth-order valence-electron chi connectivity index (χ4n) is 3.80. The van der Waals surface area contributed by atoms with E-state index in [4.69, 9.17) is 4.74 Å². The second-order valence-electron chi connectivity index (χ2n) is 7.45. The van der Waals surface area contributed by atoms with Crippen LogP contribution >= 0.6 is 0 Å². The molecule has 0 aliphatic heterocycles. The molecular formula is C25H26N2O2. The number of aromatic nitrogens is 1. The summed E-state index contributed by atoms with van der Waals surface area (Å²) in [6, 6.07) is 22.1. The molecule has 1 heterocycles. The van der Waals surface area contributed by atoms with Crippen molar-refractivity contribution in [3.8, 4) is 5.75 Å². The molecule has 29 heavy (non-hydrogen) atoms. The highest BCUT2D eigenvalue weighted by Gasteiger charge is 2.19. The van der Waals surface area contributed by atoms with Crippen molar-refractivity contribution >= 4 is 5.91 Å². The molecule has 1 aliphatic carbocycles. The number of carbonyl (C=O) groups is 1. The van der Waals surface area contributed by atoms with Gasteiger partial charge in [0.05, 0.1) is 0 Å². The van der Waals surface area contributed by atoms with Gasteiger partial charge in [-0.05, 0) is 42.9 Å². The van der Waals surface area contributed by atoms with Crippen molar-refractivity contribution in [2.45, 2.75) is 38.8 Å². The molecule has 0 bridgehead atoms. The van der Waals surface area contributed by atoms with Gasteiger partial charge in [-0.15, -0.1) is 0 Å². The number of hydrogen-bond acceptors (Lipinski definition) is 3. The first-order chi connectivity index (χ1) is 14.3. The van der Waals surface area contributed by atoms with E-state index in [-0.39, 0.29) is 12.5 Å². The second-order valence-corrected chi connectivity index (χ2v) is 7.45. The van der Waals surface area contributed by atoms with E-state index in [1.54, 1.807) is 6.20 Å². The Kier molecular flexibility index (Phi) is 6.20. The number of hydrogen-bond donors (Lipinski definition) is 0. The number of carbonyl (C=O) groups excluding carboxylic acids is 1. The number of nitrogens with zero attached hydrogens (tertiary/aromatic N) is 2. The van der Waals surface area contributed by atoms with Crippen LogP contribution < -0.4 is 4.74 Å². The quantitative estimate of drug-likeness (QED) is 0.597. The van der Waals surface area contributed by atoms with Crippen LogP contribution in [0.3, 0.4) is 0 Å². The summed E-state index contributed by atoms with van der Waals surface area (Å²) in [7, 11) is 0. The van der Waals surface area contributed by atoms with Crippen LogP contribution in [-0.4, -0.2) is 22.4 Å². The van der Waals surface area contributed by atoms with E-state index < -0.39 is 0 Å². The Labute approximate surface area is 172 Å². The van der Waals surface area contributed by atoms with Gasteiger partial charge in [0.2, 0.25) is 0 Å². The molecule has 4 nitrogen and oxygen atoms in total. The van der Waals surface area contributed by atoms with Gasteiger partial charge in [0.15, 0.2) is 6.61 Å². The number of pyridine rings is 1. The van der Waals surface area contributed by atoms with Gasteiger partial charge in [-0.25, -0.2) is 0 Å². The summed E-state index contributed by atoms with van der Waals surface area (Å²) in [5, 5.41) is 0. The summed E-state index contributed by atoms with van der Waals surface area (Å²) >= 11 is 0. The number of fused-ring (bicyclic) bond motifs is 1. The van der Waals surface area contributed by atoms with Gasteiger partial charge in [-0.2, -0.15) is 0 Å². The summed E-state index contributed by atoms with van der Waals surface area (Å²) in [6.07, 6.45) is 6.08. The minimum Gasteiger partial charge on any atom is -0.483 e. The molecule has 4 heteroatoms. The van der Waals surface area contributed by atoms with Crippen molar-refractivity contribution in [2.24, 2.45) is 0 Å². The van der Waals surface area contributed by atoms with Crippen molar-refractivity contribution in [1.29, 1.82) is 0 Å². The van der Waals surface area contributed by atoms with E-state index >= 15 is 0 Å². The molecule has 0 N–H and O–H groups in total. The monoisotopic (exact) mass is 386 g/mol. The standard InChI is InChI=1S/C25H26N2O2/c28-25(19-29-24-15-16-26-23-14-8-7-13-22(23)24)27(17-20-9-3-1-4-10-20)18-21-11-5-2-6-12-21/h1-6,9-12,15-16H,7-8,13-14,17-19H2. The smallest absolute Gasteiger partial charge is 0.261 e.